The number of ether oxygens (including phenoxy) is 1. The van der Waals surface area contributed by atoms with Gasteiger partial charge in [-0.15, -0.1) is 0 Å². The summed E-state index contributed by atoms with van der Waals surface area (Å²) in [6.07, 6.45) is 0. The van der Waals surface area contributed by atoms with Crippen molar-refractivity contribution in [2.45, 2.75) is 25.1 Å². The molecule has 0 atom stereocenters. The molecule has 0 radical (unpaired) electrons. The van der Waals surface area contributed by atoms with Gasteiger partial charge in [0.2, 0.25) is 0 Å². The van der Waals surface area contributed by atoms with Gasteiger partial charge in [0.15, 0.2) is 4.34 Å². The number of esters is 1. The first kappa shape index (κ1) is 12.4. The summed E-state index contributed by atoms with van der Waals surface area (Å²) >= 11 is 2.90. The van der Waals surface area contributed by atoms with Crippen LogP contribution in [0.5, 0.6) is 0 Å². The first-order valence-corrected chi connectivity index (χ1v) is 6.23. The van der Waals surface area contributed by atoms with E-state index in [1.54, 1.807) is 0 Å². The fraction of sp³-hybridized carbons (Fsp3) is 0.667. The molecule has 1 rings (SSSR count). The van der Waals surface area contributed by atoms with E-state index in [0.717, 1.165) is 10.2 Å². The number of carbonyl (C=O) groups excluding carboxylic acids is 1. The fourth-order valence-corrected chi connectivity index (χ4v) is 2.64. The number of carbonyl (C=O) groups is 1. The smallest absolute Gasteiger partial charge is 0.312 e. The lowest BCUT2D eigenvalue weighted by molar-refractivity contribution is -0.149. The third-order valence-electron chi connectivity index (χ3n) is 1.80. The summed E-state index contributed by atoms with van der Waals surface area (Å²) in [4.78, 5) is 15.6. The zero-order chi connectivity index (χ0) is 11.5. The summed E-state index contributed by atoms with van der Waals surface area (Å²) in [6, 6.07) is 0. The van der Waals surface area contributed by atoms with Gasteiger partial charge in [0, 0.05) is 5.75 Å². The minimum atomic E-state index is -0.487. The Labute approximate surface area is 97.6 Å². The molecule has 0 fully saturated rings. The van der Waals surface area contributed by atoms with Gasteiger partial charge in [-0.2, -0.15) is 4.37 Å². The largest absolute Gasteiger partial charge is 0.469 e. The van der Waals surface area contributed by atoms with Crippen LogP contribution in [0.4, 0.5) is 0 Å². The average molecular weight is 246 g/mol. The van der Waals surface area contributed by atoms with Crippen molar-refractivity contribution in [2.24, 2.45) is 5.41 Å². The third-order valence-corrected chi connectivity index (χ3v) is 4.19. The molecule has 0 spiro atoms. The Hall–Kier alpha value is -0.620. The third kappa shape index (κ3) is 3.46. The Bertz CT molecular complexity index is 350. The van der Waals surface area contributed by atoms with Crippen LogP contribution in [-0.2, 0) is 9.53 Å². The number of nitrogens with zero attached hydrogens (tertiary/aromatic N) is 2. The van der Waals surface area contributed by atoms with Crippen LogP contribution in [0, 0.1) is 12.3 Å². The van der Waals surface area contributed by atoms with Crippen LogP contribution in [0.1, 0.15) is 19.7 Å². The predicted molar refractivity (Wildman–Crippen MR) is 61.2 cm³/mol. The second kappa shape index (κ2) is 4.94. The Balaban J connectivity index is 2.53. The predicted octanol–water partition coefficient (Wildman–Crippen LogP) is 2.14. The minimum absolute atomic E-state index is 0.198. The van der Waals surface area contributed by atoms with E-state index in [-0.39, 0.29) is 5.97 Å². The van der Waals surface area contributed by atoms with E-state index in [4.69, 9.17) is 4.74 Å². The van der Waals surface area contributed by atoms with E-state index in [0.29, 0.717) is 5.75 Å². The van der Waals surface area contributed by atoms with Crippen molar-refractivity contribution in [3.05, 3.63) is 5.82 Å². The Morgan fingerprint density at radius 1 is 1.60 bits per heavy atom. The van der Waals surface area contributed by atoms with Crippen LogP contribution in [-0.4, -0.2) is 28.2 Å². The molecule has 6 heteroatoms. The molecule has 1 aromatic heterocycles. The molecule has 0 saturated carbocycles. The van der Waals surface area contributed by atoms with Crippen molar-refractivity contribution in [3.63, 3.8) is 0 Å². The van der Waals surface area contributed by atoms with Crippen molar-refractivity contribution in [3.8, 4) is 0 Å². The van der Waals surface area contributed by atoms with Gasteiger partial charge in [-0.1, -0.05) is 11.8 Å². The SMILES string of the molecule is COC(=O)C(C)(C)CSc1nc(C)ns1. The van der Waals surface area contributed by atoms with Crippen molar-refractivity contribution in [1.82, 2.24) is 9.36 Å². The summed E-state index contributed by atoms with van der Waals surface area (Å²) < 4.78 is 9.69. The molecule has 4 nitrogen and oxygen atoms in total. The zero-order valence-electron chi connectivity index (χ0n) is 9.23. The van der Waals surface area contributed by atoms with Gasteiger partial charge in [-0.3, -0.25) is 4.79 Å². The van der Waals surface area contributed by atoms with Crippen molar-refractivity contribution < 1.29 is 9.53 Å². The second-order valence-corrected chi connectivity index (χ2v) is 5.75. The number of aromatic nitrogens is 2. The van der Waals surface area contributed by atoms with Crippen LogP contribution in [0.15, 0.2) is 4.34 Å². The van der Waals surface area contributed by atoms with Crippen LogP contribution >= 0.6 is 23.3 Å². The highest BCUT2D eigenvalue weighted by Gasteiger charge is 2.29. The number of methoxy groups -OCH3 is 1. The molecule has 1 aromatic rings. The molecule has 15 heavy (non-hydrogen) atoms. The molecule has 0 aliphatic rings. The Morgan fingerprint density at radius 3 is 2.73 bits per heavy atom. The van der Waals surface area contributed by atoms with E-state index in [1.807, 2.05) is 20.8 Å². The van der Waals surface area contributed by atoms with E-state index in [1.165, 1.54) is 30.4 Å². The van der Waals surface area contributed by atoms with Gasteiger partial charge < -0.3 is 4.74 Å². The van der Waals surface area contributed by atoms with Crippen LogP contribution < -0.4 is 0 Å². The average Bonchev–Trinajstić information content (AvgIpc) is 2.60. The summed E-state index contributed by atoms with van der Waals surface area (Å²) in [7, 11) is 1.41. The maximum absolute atomic E-state index is 11.4. The van der Waals surface area contributed by atoms with Crippen molar-refractivity contribution in [1.29, 1.82) is 0 Å². The molecule has 0 aliphatic heterocycles. The highest BCUT2D eigenvalue weighted by atomic mass is 32.2. The number of rotatable bonds is 4. The van der Waals surface area contributed by atoms with Crippen molar-refractivity contribution >= 4 is 29.3 Å². The maximum atomic E-state index is 11.4. The first-order valence-electron chi connectivity index (χ1n) is 4.47. The molecule has 0 aromatic carbocycles. The van der Waals surface area contributed by atoms with Gasteiger partial charge in [0.05, 0.1) is 12.5 Å². The molecule has 1 heterocycles. The number of aryl methyl sites for hydroxylation is 1. The molecular weight excluding hydrogens is 232 g/mol. The topological polar surface area (TPSA) is 52.1 Å². The van der Waals surface area contributed by atoms with Gasteiger partial charge in [0.1, 0.15) is 5.82 Å². The van der Waals surface area contributed by atoms with Crippen molar-refractivity contribution in [2.75, 3.05) is 12.9 Å². The molecule has 0 saturated heterocycles. The standard InChI is InChI=1S/C9H14N2O2S2/c1-6-10-8(15-11-6)14-5-9(2,3)7(12)13-4/h5H2,1-4H3. The number of thioether (sulfide) groups is 1. The maximum Gasteiger partial charge on any atom is 0.312 e. The lowest BCUT2D eigenvalue weighted by Gasteiger charge is -2.19. The molecule has 0 unspecified atom stereocenters. The first-order chi connectivity index (χ1) is 6.95. The number of hydrogen-bond donors (Lipinski definition) is 0. The van der Waals surface area contributed by atoms with E-state index >= 15 is 0 Å². The summed E-state index contributed by atoms with van der Waals surface area (Å²) in [5, 5.41) is 0. The normalized spacial score (nSPS) is 11.5. The molecule has 0 amide bonds. The number of hydrogen-bond acceptors (Lipinski definition) is 6. The quantitative estimate of drug-likeness (QED) is 0.602. The molecular formula is C9H14N2O2S2. The van der Waals surface area contributed by atoms with Gasteiger partial charge in [-0.05, 0) is 32.3 Å². The monoisotopic (exact) mass is 246 g/mol. The second-order valence-electron chi connectivity index (χ2n) is 3.77. The van der Waals surface area contributed by atoms with Gasteiger partial charge in [-0.25, -0.2) is 4.98 Å². The van der Waals surface area contributed by atoms with Crippen LogP contribution in [0.3, 0.4) is 0 Å². The molecule has 0 N–H and O–H groups in total. The van der Waals surface area contributed by atoms with E-state index in [2.05, 4.69) is 9.36 Å². The minimum Gasteiger partial charge on any atom is -0.469 e. The molecule has 0 aliphatic carbocycles. The fourth-order valence-electron chi connectivity index (χ4n) is 0.914. The summed E-state index contributed by atoms with van der Waals surface area (Å²) in [5.74, 6) is 1.23. The highest BCUT2D eigenvalue weighted by Crippen LogP contribution is 2.29. The Morgan fingerprint density at radius 2 is 2.27 bits per heavy atom. The molecule has 0 bridgehead atoms. The lowest BCUT2D eigenvalue weighted by atomic mass is 9.97. The Kier molecular flexibility index (Phi) is 4.10. The lowest BCUT2D eigenvalue weighted by Crippen LogP contribution is -2.28. The highest BCUT2D eigenvalue weighted by molar-refractivity contribution is 8.01. The zero-order valence-corrected chi connectivity index (χ0v) is 10.9. The molecule has 84 valence electrons. The van der Waals surface area contributed by atoms with Crippen LogP contribution in [0.2, 0.25) is 0 Å². The van der Waals surface area contributed by atoms with Gasteiger partial charge >= 0.3 is 5.97 Å². The summed E-state index contributed by atoms with van der Waals surface area (Å²) in [5.41, 5.74) is -0.487. The van der Waals surface area contributed by atoms with Crippen LogP contribution in [0.25, 0.3) is 0 Å². The van der Waals surface area contributed by atoms with E-state index in [9.17, 15) is 4.79 Å². The summed E-state index contributed by atoms with van der Waals surface area (Å²) in [6.45, 7) is 5.57. The van der Waals surface area contributed by atoms with E-state index < -0.39 is 5.41 Å². The van der Waals surface area contributed by atoms with Gasteiger partial charge in [0.25, 0.3) is 0 Å².